The third kappa shape index (κ3) is 6.55. The molecule has 5 nitrogen and oxygen atoms in total. The normalized spacial score (nSPS) is 13.7. The number of benzene rings is 4. The Bertz CT molecular complexity index is 2850. The maximum atomic E-state index is 5.12. The van der Waals surface area contributed by atoms with Gasteiger partial charge in [-0.05, 0) is 73.3 Å². The Morgan fingerprint density at radius 1 is 0.741 bits per heavy atom. The van der Waals surface area contributed by atoms with E-state index in [2.05, 4.69) is 118 Å². The second-order valence-corrected chi connectivity index (χ2v) is 15.9. The Morgan fingerprint density at radius 3 is 2.10 bits per heavy atom. The van der Waals surface area contributed by atoms with Crippen molar-refractivity contribution in [3.63, 3.8) is 0 Å². The van der Waals surface area contributed by atoms with Crippen LogP contribution in [0.3, 0.4) is 0 Å². The summed E-state index contributed by atoms with van der Waals surface area (Å²) in [6.45, 7) is 21.6. The van der Waals surface area contributed by atoms with Crippen molar-refractivity contribution in [3.8, 4) is 38.8 Å². The summed E-state index contributed by atoms with van der Waals surface area (Å²) in [5.41, 5.74) is 15.1. The summed E-state index contributed by atoms with van der Waals surface area (Å²) in [6, 6.07) is 32.0. The lowest BCUT2D eigenvalue weighted by Gasteiger charge is -2.21. The Kier molecular flexibility index (Phi) is 10.5. The lowest BCUT2D eigenvalue weighted by molar-refractivity contribution is 0.660. The minimum atomic E-state index is -0.170. The predicted molar refractivity (Wildman–Crippen MR) is 251 cm³/mol. The molecule has 0 unspecified atom stereocenters. The molecule has 0 atom stereocenters. The van der Waals surface area contributed by atoms with Crippen molar-refractivity contribution < 1.29 is 0 Å². The topological polar surface area (TPSA) is 56.5 Å². The zero-order valence-corrected chi connectivity index (χ0v) is 34.9. The van der Waals surface area contributed by atoms with E-state index >= 15 is 0 Å². The van der Waals surface area contributed by atoms with Crippen LogP contribution in [0.15, 0.2) is 128 Å². The van der Waals surface area contributed by atoms with Crippen molar-refractivity contribution in [3.05, 3.63) is 174 Å². The van der Waals surface area contributed by atoms with E-state index in [4.69, 9.17) is 19.9 Å². The van der Waals surface area contributed by atoms with Gasteiger partial charge < -0.3 is 4.57 Å². The molecule has 58 heavy (non-hydrogen) atoms. The van der Waals surface area contributed by atoms with Gasteiger partial charge in [-0.2, -0.15) is 0 Å². The van der Waals surface area contributed by atoms with Crippen LogP contribution in [-0.4, -0.2) is 31.8 Å². The largest absolute Gasteiger partial charge is 0.309 e. The van der Waals surface area contributed by atoms with Crippen LogP contribution in [0.1, 0.15) is 79.9 Å². The molecular weight excluding hydrogens is 725 g/mol. The van der Waals surface area contributed by atoms with Crippen LogP contribution in [0.25, 0.3) is 84.3 Å². The second-order valence-electron chi connectivity index (χ2n) is 14.9. The van der Waals surface area contributed by atoms with Crippen LogP contribution in [0, 0.1) is 0 Å². The first-order valence-corrected chi connectivity index (χ1v) is 20.7. The lowest BCUT2D eigenvalue weighted by atomic mass is 9.71. The van der Waals surface area contributed by atoms with Crippen LogP contribution in [0.4, 0.5) is 0 Å². The van der Waals surface area contributed by atoms with Crippen molar-refractivity contribution in [1.29, 1.82) is 0 Å². The fourth-order valence-corrected chi connectivity index (χ4v) is 9.34. The number of allylic oxidation sites excluding steroid dienone is 5. The molecule has 1 aliphatic carbocycles. The maximum absolute atomic E-state index is 5.12. The van der Waals surface area contributed by atoms with Crippen LogP contribution < -0.4 is 0 Å². The number of aromatic nitrogens is 5. The SMILES string of the molecule is C=Cc1c(/C=C(\BC)c2nc(C(/C=C\C)=C/C)nc(-c3ccccc3)n2)c(C=C)n(-c2ccc3c(c2)-c2c(ccc4nc(-c5ccccc5)sc24)C3(C)C)c1/C=C\C. The van der Waals surface area contributed by atoms with E-state index in [0.29, 0.717) is 24.8 Å². The molecule has 0 N–H and O–H groups in total. The third-order valence-electron chi connectivity index (χ3n) is 11.1. The summed E-state index contributed by atoms with van der Waals surface area (Å²) in [6.07, 6.45) is 16.5. The van der Waals surface area contributed by atoms with E-state index in [1.807, 2.05) is 80.6 Å². The van der Waals surface area contributed by atoms with E-state index in [1.165, 1.54) is 27.0 Å². The van der Waals surface area contributed by atoms with Gasteiger partial charge in [0.25, 0.3) is 0 Å². The Hall–Kier alpha value is -6.44. The number of rotatable bonds is 11. The Morgan fingerprint density at radius 2 is 1.45 bits per heavy atom. The molecule has 0 amide bonds. The van der Waals surface area contributed by atoms with Crippen molar-refractivity contribution in [2.24, 2.45) is 0 Å². The molecule has 8 rings (SSSR count). The number of nitrogens with zero attached hydrogens (tertiary/aromatic N) is 5. The van der Waals surface area contributed by atoms with Crippen molar-refractivity contribution in [1.82, 2.24) is 24.5 Å². The smallest absolute Gasteiger partial charge is 0.164 e. The first kappa shape index (κ1) is 38.4. The third-order valence-corrected chi connectivity index (χ3v) is 12.2. The summed E-state index contributed by atoms with van der Waals surface area (Å²) in [5, 5.41) is 1.03. The fraction of sp³-hybridized carbons (Fsp3) is 0.137. The van der Waals surface area contributed by atoms with Gasteiger partial charge in [-0.3, -0.25) is 0 Å². The molecule has 7 aromatic rings. The highest BCUT2D eigenvalue weighted by Crippen LogP contribution is 2.53. The Balaban J connectivity index is 1.33. The molecule has 0 radical (unpaired) electrons. The monoisotopic (exact) mass is 771 g/mol. The molecule has 3 heterocycles. The minimum absolute atomic E-state index is 0.170. The second kappa shape index (κ2) is 15.8. The molecule has 0 aliphatic heterocycles. The van der Waals surface area contributed by atoms with E-state index in [9.17, 15) is 0 Å². The first-order valence-electron chi connectivity index (χ1n) is 19.9. The molecule has 284 valence electrons. The molecule has 7 heteroatoms. The maximum Gasteiger partial charge on any atom is 0.164 e. The number of hydrogen-bond donors (Lipinski definition) is 0. The van der Waals surface area contributed by atoms with E-state index in [0.717, 1.165) is 60.9 Å². The highest BCUT2D eigenvalue weighted by atomic mass is 32.1. The molecule has 1 aliphatic rings. The van der Waals surface area contributed by atoms with E-state index in [-0.39, 0.29) is 5.41 Å². The summed E-state index contributed by atoms with van der Waals surface area (Å²) in [7, 11) is 0.699. The van der Waals surface area contributed by atoms with Crippen LogP contribution in [-0.2, 0) is 5.41 Å². The van der Waals surface area contributed by atoms with Crippen molar-refractivity contribution >= 4 is 64.2 Å². The highest BCUT2D eigenvalue weighted by molar-refractivity contribution is 7.22. The standard InChI is InChI=1S/C51H46BN5S/c1-9-20-32(11-3)47-54-48(33-22-16-14-17-23-33)56-49(55-47)41(52-8)31-37-36(12-4)44(21-10-2)57(43(37)13-5)35-26-27-39-38(30-35)45-40(51(39,6)7)28-29-42-46(45)58-50(53-42)34-24-18-15-19-25-34/h9-31,52H,4-5H2,1-3,6-8H3/b20-9-,21-10-,32-11+,41-31-. The first-order chi connectivity index (χ1) is 28.3. The molecule has 0 bridgehead atoms. The van der Waals surface area contributed by atoms with Gasteiger partial charge in [0.05, 0.1) is 21.6 Å². The molecule has 3 aromatic heterocycles. The van der Waals surface area contributed by atoms with Crippen molar-refractivity contribution in [2.45, 2.75) is 46.9 Å². The Labute approximate surface area is 346 Å². The van der Waals surface area contributed by atoms with Crippen molar-refractivity contribution in [2.75, 3.05) is 0 Å². The summed E-state index contributed by atoms with van der Waals surface area (Å²) in [5.74, 6) is 1.91. The summed E-state index contributed by atoms with van der Waals surface area (Å²) in [4.78, 5) is 20.2. The zero-order chi connectivity index (χ0) is 40.6. The van der Waals surface area contributed by atoms with Gasteiger partial charge in [0, 0.05) is 44.5 Å². The number of hydrogen-bond acceptors (Lipinski definition) is 5. The minimum Gasteiger partial charge on any atom is -0.309 e. The van der Waals surface area contributed by atoms with Crippen LogP contribution >= 0.6 is 11.3 Å². The van der Waals surface area contributed by atoms with Crippen LogP contribution in [0.2, 0.25) is 6.82 Å². The average Bonchev–Trinajstić information content (AvgIpc) is 3.90. The predicted octanol–water partition coefficient (Wildman–Crippen LogP) is 13.2. The molecule has 0 spiro atoms. The lowest BCUT2D eigenvalue weighted by Crippen LogP contribution is -2.15. The van der Waals surface area contributed by atoms with Gasteiger partial charge in [-0.25, -0.2) is 19.9 Å². The van der Waals surface area contributed by atoms with Gasteiger partial charge in [-0.15, -0.1) is 11.3 Å². The molecule has 4 aromatic carbocycles. The van der Waals surface area contributed by atoms with E-state index in [1.54, 1.807) is 11.3 Å². The average molecular weight is 772 g/mol. The quantitative estimate of drug-likeness (QED) is 0.0971. The van der Waals surface area contributed by atoms with Crippen LogP contribution in [0.5, 0.6) is 0 Å². The zero-order valence-electron chi connectivity index (χ0n) is 34.0. The summed E-state index contributed by atoms with van der Waals surface area (Å²) >= 11 is 1.77. The van der Waals surface area contributed by atoms with Gasteiger partial charge in [0.1, 0.15) is 5.01 Å². The molecule has 0 saturated carbocycles. The van der Waals surface area contributed by atoms with Gasteiger partial charge in [-0.1, -0.05) is 143 Å². The number of thiazole rings is 1. The fourth-order valence-electron chi connectivity index (χ4n) is 8.21. The molecular formula is C51H46BN5S. The molecule has 0 saturated heterocycles. The van der Waals surface area contributed by atoms with Gasteiger partial charge in [0.15, 0.2) is 24.8 Å². The van der Waals surface area contributed by atoms with Gasteiger partial charge >= 0.3 is 0 Å². The highest BCUT2D eigenvalue weighted by Gasteiger charge is 2.37. The van der Waals surface area contributed by atoms with Gasteiger partial charge in [0.2, 0.25) is 0 Å². The summed E-state index contributed by atoms with van der Waals surface area (Å²) < 4.78 is 3.53. The molecule has 0 fully saturated rings. The van der Waals surface area contributed by atoms with E-state index < -0.39 is 0 Å². The number of fused-ring (bicyclic) bond motifs is 5.